The number of nitrogens with zero attached hydrogens (tertiary/aromatic N) is 2. The van der Waals surface area contributed by atoms with E-state index >= 15 is 0 Å². The highest BCUT2D eigenvalue weighted by molar-refractivity contribution is 6.33. The van der Waals surface area contributed by atoms with Crippen molar-refractivity contribution in [3.8, 4) is 0 Å². The van der Waals surface area contributed by atoms with Crippen molar-refractivity contribution in [3.05, 3.63) is 22.8 Å². The highest BCUT2D eigenvalue weighted by atomic mass is 35.5. The fourth-order valence-electron chi connectivity index (χ4n) is 2.14. The van der Waals surface area contributed by atoms with Crippen molar-refractivity contribution in [1.29, 1.82) is 0 Å². The van der Waals surface area contributed by atoms with E-state index in [0.29, 0.717) is 16.4 Å². The largest absolute Gasteiger partial charge is 0.370 e. The molecular formula is C15H24ClN3O. The van der Waals surface area contributed by atoms with Crippen molar-refractivity contribution in [2.75, 3.05) is 18.9 Å². The van der Waals surface area contributed by atoms with Crippen LogP contribution in [-0.4, -0.2) is 35.4 Å². The molecule has 20 heavy (non-hydrogen) atoms. The number of carbonyl (C=O) groups is 1. The Morgan fingerprint density at radius 1 is 1.40 bits per heavy atom. The Bertz CT molecular complexity index is 447. The summed E-state index contributed by atoms with van der Waals surface area (Å²) in [5.74, 6) is 0.642. The van der Waals surface area contributed by atoms with Gasteiger partial charge in [-0.1, -0.05) is 32.4 Å². The molecule has 0 atom stereocenters. The number of carbonyl (C=O) groups excluding carboxylic acids is 1. The molecule has 5 heteroatoms. The number of anilines is 1. The van der Waals surface area contributed by atoms with Crippen molar-refractivity contribution < 1.29 is 4.79 Å². The van der Waals surface area contributed by atoms with E-state index in [9.17, 15) is 4.79 Å². The van der Waals surface area contributed by atoms with Crippen LogP contribution in [0.4, 0.5) is 5.82 Å². The lowest BCUT2D eigenvalue weighted by Crippen LogP contribution is -2.36. The van der Waals surface area contributed by atoms with Gasteiger partial charge in [0, 0.05) is 25.8 Å². The van der Waals surface area contributed by atoms with Crippen molar-refractivity contribution >= 4 is 23.3 Å². The molecule has 0 spiro atoms. The molecule has 1 amide bonds. The second kappa shape index (κ2) is 8.10. The number of hydrogen-bond acceptors (Lipinski definition) is 3. The molecule has 0 saturated carbocycles. The molecular weight excluding hydrogens is 274 g/mol. The minimum atomic E-state index is -0.0503. The first kappa shape index (κ1) is 16.8. The zero-order valence-corrected chi connectivity index (χ0v) is 13.5. The van der Waals surface area contributed by atoms with Gasteiger partial charge in [-0.05, 0) is 25.3 Å². The molecule has 1 aromatic rings. The van der Waals surface area contributed by atoms with E-state index in [1.54, 1.807) is 11.0 Å². The summed E-state index contributed by atoms with van der Waals surface area (Å²) in [6.07, 6.45) is 4.40. The quantitative estimate of drug-likeness (QED) is 0.832. The summed E-state index contributed by atoms with van der Waals surface area (Å²) in [5, 5.41) is 3.57. The molecule has 0 aromatic carbocycles. The second-order valence-corrected chi connectivity index (χ2v) is 5.27. The Morgan fingerprint density at radius 3 is 2.60 bits per heavy atom. The van der Waals surface area contributed by atoms with Crippen LogP contribution < -0.4 is 5.32 Å². The van der Waals surface area contributed by atoms with E-state index in [2.05, 4.69) is 31.1 Å². The fourth-order valence-corrected chi connectivity index (χ4v) is 2.33. The minimum absolute atomic E-state index is 0.0503. The molecule has 1 heterocycles. The smallest absolute Gasteiger partial charge is 0.255 e. The number of amides is 1. The minimum Gasteiger partial charge on any atom is -0.370 e. The van der Waals surface area contributed by atoms with E-state index in [1.807, 2.05) is 7.05 Å². The Labute approximate surface area is 126 Å². The molecule has 112 valence electrons. The summed E-state index contributed by atoms with van der Waals surface area (Å²) in [6.45, 7) is 7.07. The van der Waals surface area contributed by atoms with Crippen LogP contribution >= 0.6 is 11.6 Å². The summed E-state index contributed by atoms with van der Waals surface area (Å²) < 4.78 is 0. The van der Waals surface area contributed by atoms with E-state index in [4.69, 9.17) is 11.6 Å². The van der Waals surface area contributed by atoms with Gasteiger partial charge in [0.25, 0.3) is 5.91 Å². The fraction of sp³-hybridized carbons (Fsp3) is 0.600. The zero-order valence-electron chi connectivity index (χ0n) is 12.7. The number of hydrogen-bond donors (Lipinski definition) is 1. The topological polar surface area (TPSA) is 45.2 Å². The zero-order chi connectivity index (χ0) is 15.1. The maximum Gasteiger partial charge on any atom is 0.255 e. The van der Waals surface area contributed by atoms with E-state index < -0.39 is 0 Å². The molecule has 0 radical (unpaired) electrons. The molecule has 0 bridgehead atoms. The predicted molar refractivity (Wildman–Crippen MR) is 84.5 cm³/mol. The molecule has 1 aromatic heterocycles. The van der Waals surface area contributed by atoms with E-state index in [0.717, 1.165) is 25.8 Å². The summed E-state index contributed by atoms with van der Waals surface area (Å²) >= 11 is 6.12. The summed E-state index contributed by atoms with van der Waals surface area (Å²) in [5.41, 5.74) is 0.509. The van der Waals surface area contributed by atoms with Crippen LogP contribution in [0.3, 0.4) is 0 Å². The molecule has 0 aliphatic rings. The Morgan fingerprint density at radius 2 is 2.05 bits per heavy atom. The van der Waals surface area contributed by atoms with Crippen LogP contribution in [0.15, 0.2) is 12.3 Å². The first-order valence-electron chi connectivity index (χ1n) is 7.21. The van der Waals surface area contributed by atoms with Gasteiger partial charge in [-0.2, -0.15) is 0 Å². The lowest BCUT2D eigenvalue weighted by Gasteiger charge is -2.26. The van der Waals surface area contributed by atoms with Crippen LogP contribution in [0.5, 0.6) is 0 Å². The summed E-state index contributed by atoms with van der Waals surface area (Å²) in [6, 6.07) is 1.97. The van der Waals surface area contributed by atoms with Gasteiger partial charge < -0.3 is 10.2 Å². The average Bonchev–Trinajstić information content (AvgIpc) is 2.46. The lowest BCUT2D eigenvalue weighted by molar-refractivity contribution is 0.0724. The average molecular weight is 298 g/mol. The molecule has 4 nitrogen and oxygen atoms in total. The lowest BCUT2D eigenvalue weighted by atomic mass is 10.1. The van der Waals surface area contributed by atoms with Gasteiger partial charge in [-0.25, -0.2) is 4.98 Å². The third-order valence-corrected chi connectivity index (χ3v) is 3.75. The predicted octanol–water partition coefficient (Wildman–Crippen LogP) is 3.82. The van der Waals surface area contributed by atoms with Gasteiger partial charge in [-0.3, -0.25) is 4.79 Å². The summed E-state index contributed by atoms with van der Waals surface area (Å²) in [4.78, 5) is 18.5. The number of rotatable bonds is 7. The molecule has 1 N–H and O–H groups in total. The normalized spacial score (nSPS) is 10.7. The highest BCUT2D eigenvalue weighted by Gasteiger charge is 2.21. The van der Waals surface area contributed by atoms with Crippen LogP contribution in [0.25, 0.3) is 0 Å². The van der Waals surface area contributed by atoms with Crippen molar-refractivity contribution in [3.63, 3.8) is 0 Å². The molecule has 0 aliphatic carbocycles. The molecule has 0 unspecified atom stereocenters. The van der Waals surface area contributed by atoms with Crippen LogP contribution in [-0.2, 0) is 0 Å². The molecule has 1 rings (SSSR count). The standard InChI is InChI=1S/C15H24ClN3O/c1-5-8-17-14-9-12(13(16)10-18-14)15(20)19(4)11(6-2)7-3/h9-11H,5-8H2,1-4H3,(H,17,18). The van der Waals surface area contributed by atoms with Crippen LogP contribution in [0.2, 0.25) is 5.02 Å². The number of nitrogens with one attached hydrogen (secondary N) is 1. The summed E-state index contributed by atoms with van der Waals surface area (Å²) in [7, 11) is 1.83. The Hall–Kier alpha value is -1.29. The third-order valence-electron chi connectivity index (χ3n) is 3.45. The van der Waals surface area contributed by atoms with Gasteiger partial charge in [0.1, 0.15) is 5.82 Å². The Balaban J connectivity index is 2.96. The molecule has 0 aliphatic heterocycles. The van der Waals surface area contributed by atoms with E-state index in [1.165, 1.54) is 6.20 Å². The highest BCUT2D eigenvalue weighted by Crippen LogP contribution is 2.21. The SMILES string of the molecule is CCCNc1cc(C(=O)N(C)C(CC)CC)c(Cl)cn1. The van der Waals surface area contributed by atoms with Gasteiger partial charge in [0.2, 0.25) is 0 Å². The van der Waals surface area contributed by atoms with Crippen molar-refractivity contribution in [1.82, 2.24) is 9.88 Å². The first-order chi connectivity index (χ1) is 9.54. The number of halogens is 1. The maximum absolute atomic E-state index is 12.5. The first-order valence-corrected chi connectivity index (χ1v) is 7.59. The van der Waals surface area contributed by atoms with Gasteiger partial charge in [0.05, 0.1) is 10.6 Å². The van der Waals surface area contributed by atoms with E-state index in [-0.39, 0.29) is 11.9 Å². The number of pyridine rings is 1. The molecule has 0 saturated heterocycles. The van der Waals surface area contributed by atoms with Crippen molar-refractivity contribution in [2.24, 2.45) is 0 Å². The van der Waals surface area contributed by atoms with Crippen LogP contribution in [0.1, 0.15) is 50.4 Å². The molecule has 0 fully saturated rings. The Kier molecular flexibility index (Phi) is 6.79. The number of aromatic nitrogens is 1. The monoisotopic (exact) mass is 297 g/mol. The maximum atomic E-state index is 12.5. The third kappa shape index (κ3) is 4.10. The second-order valence-electron chi connectivity index (χ2n) is 4.86. The van der Waals surface area contributed by atoms with Gasteiger partial charge >= 0.3 is 0 Å². The van der Waals surface area contributed by atoms with Gasteiger partial charge in [-0.15, -0.1) is 0 Å². The van der Waals surface area contributed by atoms with Crippen molar-refractivity contribution in [2.45, 2.75) is 46.1 Å². The van der Waals surface area contributed by atoms with Crippen LogP contribution in [0, 0.1) is 0 Å². The van der Waals surface area contributed by atoms with Gasteiger partial charge in [0.15, 0.2) is 0 Å².